The van der Waals surface area contributed by atoms with E-state index in [1.54, 1.807) is 12.4 Å². The van der Waals surface area contributed by atoms with E-state index in [0.29, 0.717) is 11.7 Å². The van der Waals surface area contributed by atoms with E-state index < -0.39 is 0 Å². The molecule has 3 aromatic rings. The number of hydrogen-bond donors (Lipinski definition) is 2. The molecule has 2 heterocycles. The Bertz CT molecular complexity index is 856. The third-order valence-electron chi connectivity index (χ3n) is 3.67. The van der Waals surface area contributed by atoms with E-state index in [-0.39, 0.29) is 0 Å². The van der Waals surface area contributed by atoms with Gasteiger partial charge in [-0.2, -0.15) is 0 Å². The summed E-state index contributed by atoms with van der Waals surface area (Å²) in [5.74, 6) is 1.69. The topological polar surface area (TPSA) is 54.8 Å². The highest BCUT2D eigenvalue weighted by Crippen LogP contribution is 2.16. The molecule has 0 fully saturated rings. The van der Waals surface area contributed by atoms with Crippen molar-refractivity contribution in [2.75, 3.05) is 5.32 Å². The largest absolute Gasteiger partial charge is 0.358 e. The highest BCUT2D eigenvalue weighted by atomic mass is 32.1. The van der Waals surface area contributed by atoms with Crippen molar-refractivity contribution in [3.8, 4) is 5.69 Å². The lowest BCUT2D eigenvalue weighted by Gasteiger charge is -2.14. The second kappa shape index (κ2) is 7.23. The van der Waals surface area contributed by atoms with E-state index in [1.807, 2.05) is 44.3 Å². The van der Waals surface area contributed by atoms with Crippen LogP contribution in [0.15, 0.2) is 55.0 Å². The average Bonchev–Trinajstić information content (AvgIpc) is 2.99. The molecule has 5 nitrogen and oxygen atoms in total. The Balaban J connectivity index is 1.69. The first kappa shape index (κ1) is 16.1. The number of para-hydroxylation sites is 1. The summed E-state index contributed by atoms with van der Waals surface area (Å²) in [5.41, 5.74) is 3.37. The zero-order chi connectivity index (χ0) is 16.9. The molecule has 24 heavy (non-hydrogen) atoms. The monoisotopic (exact) mass is 337 g/mol. The predicted octanol–water partition coefficient (Wildman–Crippen LogP) is 3.37. The molecule has 0 saturated carbocycles. The van der Waals surface area contributed by atoms with E-state index >= 15 is 0 Å². The molecule has 0 saturated heterocycles. The van der Waals surface area contributed by atoms with Gasteiger partial charge in [-0.15, -0.1) is 0 Å². The Labute approximate surface area is 146 Å². The molecule has 6 heteroatoms. The maximum Gasteiger partial charge on any atom is 0.172 e. The van der Waals surface area contributed by atoms with Crippen LogP contribution in [0, 0.1) is 13.8 Å². The van der Waals surface area contributed by atoms with Crippen LogP contribution in [0.1, 0.15) is 17.0 Å². The summed E-state index contributed by atoms with van der Waals surface area (Å²) in [6, 6.07) is 12.1. The molecule has 0 radical (unpaired) electrons. The number of nitrogens with zero attached hydrogens (tertiary/aromatic N) is 3. The van der Waals surface area contributed by atoms with Crippen LogP contribution in [0.5, 0.6) is 0 Å². The molecule has 0 unspecified atom stereocenters. The maximum atomic E-state index is 5.37. The first-order valence-corrected chi connectivity index (χ1v) is 8.10. The summed E-state index contributed by atoms with van der Waals surface area (Å²) >= 11 is 5.37. The van der Waals surface area contributed by atoms with Crippen molar-refractivity contribution in [3.05, 3.63) is 71.9 Å². The number of thiocarbonyl (C=S) groups is 1. The fourth-order valence-electron chi connectivity index (χ4n) is 2.47. The standard InChI is InChI=1S/C18H19N5S/c1-13-7-8-20-17(11-13)22-18(24)21-12-15-5-3-4-6-16(15)23-10-9-19-14(23)2/h3-11H,12H2,1-2H3,(H2,20,21,22,24). The SMILES string of the molecule is Cc1ccnc(NC(=S)NCc2ccccc2-n2ccnc2C)c1. The van der Waals surface area contributed by atoms with Gasteiger partial charge in [0.05, 0.1) is 5.69 Å². The molecule has 0 spiro atoms. The number of aryl methyl sites for hydroxylation is 2. The van der Waals surface area contributed by atoms with Gasteiger partial charge in [0, 0.05) is 25.1 Å². The van der Waals surface area contributed by atoms with Crippen molar-refractivity contribution in [3.63, 3.8) is 0 Å². The molecule has 0 atom stereocenters. The predicted molar refractivity (Wildman–Crippen MR) is 100 cm³/mol. The molecule has 1 aromatic carbocycles. The van der Waals surface area contributed by atoms with E-state index in [9.17, 15) is 0 Å². The van der Waals surface area contributed by atoms with Gasteiger partial charge in [-0.1, -0.05) is 18.2 Å². The second-order valence-electron chi connectivity index (χ2n) is 5.50. The van der Waals surface area contributed by atoms with Crippen LogP contribution in [-0.4, -0.2) is 19.6 Å². The summed E-state index contributed by atoms with van der Waals surface area (Å²) in [5, 5.41) is 6.89. The number of rotatable bonds is 4. The van der Waals surface area contributed by atoms with Crippen LogP contribution < -0.4 is 10.6 Å². The van der Waals surface area contributed by atoms with Crippen LogP contribution >= 0.6 is 12.2 Å². The Morgan fingerprint density at radius 1 is 1.12 bits per heavy atom. The highest BCUT2D eigenvalue weighted by Gasteiger charge is 2.07. The molecule has 0 aliphatic heterocycles. The molecule has 2 N–H and O–H groups in total. The molecular formula is C18H19N5S. The van der Waals surface area contributed by atoms with Crippen LogP contribution in [0.25, 0.3) is 5.69 Å². The number of hydrogen-bond acceptors (Lipinski definition) is 3. The molecule has 0 aliphatic rings. The minimum atomic E-state index is 0.547. The number of anilines is 1. The van der Waals surface area contributed by atoms with Crippen molar-refractivity contribution in [1.29, 1.82) is 0 Å². The van der Waals surface area contributed by atoms with Crippen molar-refractivity contribution < 1.29 is 0 Å². The van der Waals surface area contributed by atoms with E-state index in [4.69, 9.17) is 12.2 Å². The third kappa shape index (κ3) is 3.78. The van der Waals surface area contributed by atoms with Crippen molar-refractivity contribution in [2.45, 2.75) is 20.4 Å². The lowest BCUT2D eigenvalue weighted by molar-refractivity contribution is 0.884. The lowest BCUT2D eigenvalue weighted by Crippen LogP contribution is -2.28. The van der Waals surface area contributed by atoms with Gasteiger partial charge in [0.25, 0.3) is 0 Å². The molecule has 3 rings (SSSR count). The van der Waals surface area contributed by atoms with Crippen LogP contribution in [-0.2, 0) is 6.54 Å². The zero-order valence-corrected chi connectivity index (χ0v) is 14.5. The summed E-state index contributed by atoms with van der Waals surface area (Å²) < 4.78 is 2.07. The van der Waals surface area contributed by atoms with Gasteiger partial charge >= 0.3 is 0 Å². The molecular weight excluding hydrogens is 318 g/mol. The second-order valence-corrected chi connectivity index (χ2v) is 5.91. The molecule has 0 bridgehead atoms. The first-order valence-electron chi connectivity index (χ1n) is 7.69. The van der Waals surface area contributed by atoms with Gasteiger partial charge in [0.2, 0.25) is 0 Å². The third-order valence-corrected chi connectivity index (χ3v) is 3.92. The Morgan fingerprint density at radius 3 is 2.71 bits per heavy atom. The lowest BCUT2D eigenvalue weighted by atomic mass is 10.1. The van der Waals surface area contributed by atoms with Crippen LogP contribution in [0.2, 0.25) is 0 Å². The number of aromatic nitrogens is 3. The molecule has 122 valence electrons. The number of benzene rings is 1. The summed E-state index contributed by atoms with van der Waals surface area (Å²) in [6.07, 6.45) is 5.52. The quantitative estimate of drug-likeness (QED) is 0.715. The van der Waals surface area contributed by atoms with Crippen LogP contribution in [0.4, 0.5) is 5.82 Å². The summed E-state index contributed by atoms with van der Waals surface area (Å²) in [6.45, 7) is 4.62. The van der Waals surface area contributed by atoms with Crippen molar-refractivity contribution in [2.24, 2.45) is 0 Å². The smallest absolute Gasteiger partial charge is 0.172 e. The van der Waals surface area contributed by atoms with Gasteiger partial charge in [0.15, 0.2) is 5.11 Å². The highest BCUT2D eigenvalue weighted by molar-refractivity contribution is 7.80. The van der Waals surface area contributed by atoms with Gasteiger partial charge in [-0.05, 0) is 55.4 Å². The van der Waals surface area contributed by atoms with E-state index in [2.05, 4.69) is 37.3 Å². The normalized spacial score (nSPS) is 10.4. The first-order chi connectivity index (χ1) is 11.6. The maximum absolute atomic E-state index is 5.37. The minimum absolute atomic E-state index is 0.547. The van der Waals surface area contributed by atoms with Crippen molar-refractivity contribution in [1.82, 2.24) is 19.9 Å². The van der Waals surface area contributed by atoms with E-state index in [1.165, 1.54) is 0 Å². The fourth-order valence-corrected chi connectivity index (χ4v) is 2.65. The Hall–Kier alpha value is -2.73. The Kier molecular flexibility index (Phi) is 4.86. The molecule has 2 aromatic heterocycles. The van der Waals surface area contributed by atoms with Gasteiger partial charge in [-0.3, -0.25) is 0 Å². The summed E-state index contributed by atoms with van der Waals surface area (Å²) in [4.78, 5) is 8.54. The number of imidazole rings is 1. The number of nitrogens with one attached hydrogen (secondary N) is 2. The average molecular weight is 337 g/mol. The van der Waals surface area contributed by atoms with Gasteiger partial charge < -0.3 is 15.2 Å². The fraction of sp³-hybridized carbons (Fsp3) is 0.167. The molecule has 0 amide bonds. The summed E-state index contributed by atoms with van der Waals surface area (Å²) in [7, 11) is 0. The van der Waals surface area contributed by atoms with Gasteiger partial charge in [0.1, 0.15) is 11.6 Å². The van der Waals surface area contributed by atoms with Crippen molar-refractivity contribution >= 4 is 23.1 Å². The minimum Gasteiger partial charge on any atom is -0.358 e. The molecule has 0 aliphatic carbocycles. The Morgan fingerprint density at radius 2 is 1.96 bits per heavy atom. The van der Waals surface area contributed by atoms with Crippen LogP contribution in [0.3, 0.4) is 0 Å². The number of pyridine rings is 1. The zero-order valence-electron chi connectivity index (χ0n) is 13.7. The van der Waals surface area contributed by atoms with E-state index in [0.717, 1.165) is 28.5 Å². The van der Waals surface area contributed by atoms with Gasteiger partial charge in [-0.25, -0.2) is 9.97 Å².